The molecule has 1 amide bonds. The molecule has 0 atom stereocenters. The van der Waals surface area contributed by atoms with Crippen LogP contribution in [0.15, 0.2) is 40.4 Å². The van der Waals surface area contributed by atoms with E-state index in [-0.39, 0.29) is 11.6 Å². The summed E-state index contributed by atoms with van der Waals surface area (Å²) >= 11 is 1.55. The van der Waals surface area contributed by atoms with Crippen LogP contribution in [0.1, 0.15) is 18.7 Å². The fraction of sp³-hybridized carbons (Fsp3) is 0.368. The van der Waals surface area contributed by atoms with Gasteiger partial charge in [-0.3, -0.25) is 14.9 Å². The van der Waals surface area contributed by atoms with Crippen LogP contribution >= 0.6 is 11.3 Å². The number of amides is 1. The number of rotatable bonds is 7. The first-order chi connectivity index (χ1) is 14.6. The lowest BCUT2D eigenvalue weighted by Crippen LogP contribution is -2.49. The summed E-state index contributed by atoms with van der Waals surface area (Å²) in [5, 5.41) is 16.7. The van der Waals surface area contributed by atoms with Crippen LogP contribution in [0.25, 0.3) is 10.7 Å². The molecule has 1 saturated heterocycles. The highest BCUT2D eigenvalue weighted by Gasteiger charge is 2.22. The van der Waals surface area contributed by atoms with Crippen LogP contribution in [0.2, 0.25) is 0 Å². The Bertz CT molecular complexity index is 996. The van der Waals surface area contributed by atoms with E-state index >= 15 is 0 Å². The number of piperazine rings is 1. The van der Waals surface area contributed by atoms with Gasteiger partial charge in [0, 0.05) is 45.1 Å². The molecule has 0 spiro atoms. The average molecular weight is 428 g/mol. The van der Waals surface area contributed by atoms with Crippen molar-refractivity contribution in [2.24, 2.45) is 0 Å². The third-order valence-electron chi connectivity index (χ3n) is 4.89. The molecular weight excluding hydrogens is 408 g/mol. The summed E-state index contributed by atoms with van der Waals surface area (Å²) in [6, 6.07) is 6.96. The lowest BCUT2D eigenvalue weighted by molar-refractivity contribution is -0.385. The molecule has 0 unspecified atom stereocenters. The number of aryl methyl sites for hydroxylation is 1. The van der Waals surface area contributed by atoms with E-state index in [1.807, 2.05) is 27.3 Å². The third-order valence-corrected chi connectivity index (χ3v) is 5.76. The van der Waals surface area contributed by atoms with Gasteiger partial charge in [0.05, 0.1) is 9.80 Å². The molecule has 30 heavy (non-hydrogen) atoms. The van der Waals surface area contributed by atoms with Crippen LogP contribution in [-0.2, 0) is 11.2 Å². The molecule has 0 aromatic carbocycles. The van der Waals surface area contributed by atoms with Crippen LogP contribution in [0.3, 0.4) is 0 Å². The molecule has 11 heteroatoms. The van der Waals surface area contributed by atoms with E-state index in [1.165, 1.54) is 12.3 Å². The minimum atomic E-state index is -0.468. The van der Waals surface area contributed by atoms with E-state index in [2.05, 4.69) is 15.1 Å². The van der Waals surface area contributed by atoms with Crippen molar-refractivity contribution in [3.63, 3.8) is 0 Å². The van der Waals surface area contributed by atoms with Crippen molar-refractivity contribution >= 4 is 28.7 Å². The highest BCUT2D eigenvalue weighted by Crippen LogP contribution is 2.22. The minimum Gasteiger partial charge on any atom is -0.353 e. The van der Waals surface area contributed by atoms with E-state index < -0.39 is 4.92 Å². The number of hydrogen-bond donors (Lipinski definition) is 0. The summed E-state index contributed by atoms with van der Waals surface area (Å²) in [7, 11) is 0. The van der Waals surface area contributed by atoms with E-state index in [0.29, 0.717) is 63.0 Å². The Labute approximate surface area is 176 Å². The SMILES string of the molecule is O=C(CCCc1nc(-c2cccs2)no1)N1CCN(c2ccc([N+](=O)[O-])cn2)CC1. The molecule has 1 aliphatic heterocycles. The molecule has 3 aromatic rings. The highest BCUT2D eigenvalue weighted by atomic mass is 32.1. The number of carbonyl (C=O) groups excluding carboxylic acids is 1. The second-order valence-corrected chi connectivity index (χ2v) is 7.79. The van der Waals surface area contributed by atoms with Gasteiger partial charge in [0.2, 0.25) is 17.6 Å². The Hall–Kier alpha value is -3.34. The number of thiophene rings is 1. The zero-order valence-electron chi connectivity index (χ0n) is 16.1. The van der Waals surface area contributed by atoms with Crippen molar-refractivity contribution in [3.05, 3.63) is 51.8 Å². The normalized spacial score (nSPS) is 14.1. The zero-order valence-corrected chi connectivity index (χ0v) is 17.0. The Morgan fingerprint density at radius 3 is 2.73 bits per heavy atom. The van der Waals surface area contributed by atoms with Gasteiger partial charge in [-0.05, 0) is 23.9 Å². The van der Waals surface area contributed by atoms with Gasteiger partial charge in [-0.15, -0.1) is 11.3 Å². The van der Waals surface area contributed by atoms with Gasteiger partial charge in [0.15, 0.2) is 0 Å². The monoisotopic (exact) mass is 428 g/mol. The fourth-order valence-corrected chi connectivity index (χ4v) is 3.92. The van der Waals surface area contributed by atoms with Gasteiger partial charge in [0.25, 0.3) is 5.69 Å². The van der Waals surface area contributed by atoms with Crippen molar-refractivity contribution in [2.75, 3.05) is 31.1 Å². The van der Waals surface area contributed by atoms with Crippen molar-refractivity contribution < 1.29 is 14.2 Å². The molecule has 4 rings (SSSR count). The van der Waals surface area contributed by atoms with Gasteiger partial charge >= 0.3 is 0 Å². The summed E-state index contributed by atoms with van der Waals surface area (Å²) in [6.07, 6.45) is 2.90. The predicted molar refractivity (Wildman–Crippen MR) is 110 cm³/mol. The molecule has 0 saturated carbocycles. The summed E-state index contributed by atoms with van der Waals surface area (Å²) in [5.41, 5.74) is -0.0312. The highest BCUT2D eigenvalue weighted by molar-refractivity contribution is 7.13. The Morgan fingerprint density at radius 2 is 2.07 bits per heavy atom. The molecule has 4 heterocycles. The molecule has 10 nitrogen and oxygen atoms in total. The van der Waals surface area contributed by atoms with Gasteiger partial charge in [-0.25, -0.2) is 4.98 Å². The number of nitro groups is 1. The second-order valence-electron chi connectivity index (χ2n) is 6.84. The van der Waals surface area contributed by atoms with E-state index in [1.54, 1.807) is 17.4 Å². The molecule has 0 N–H and O–H groups in total. The summed E-state index contributed by atoms with van der Waals surface area (Å²) < 4.78 is 5.27. The Morgan fingerprint density at radius 1 is 1.23 bits per heavy atom. The lowest BCUT2D eigenvalue weighted by atomic mass is 10.2. The van der Waals surface area contributed by atoms with E-state index in [4.69, 9.17) is 4.52 Å². The topological polar surface area (TPSA) is 119 Å². The van der Waals surface area contributed by atoms with E-state index in [9.17, 15) is 14.9 Å². The van der Waals surface area contributed by atoms with Crippen molar-refractivity contribution in [1.82, 2.24) is 20.0 Å². The second kappa shape index (κ2) is 8.99. The Balaban J connectivity index is 1.21. The minimum absolute atomic E-state index is 0.0312. The number of nitrogens with zero attached hydrogens (tertiary/aromatic N) is 6. The molecule has 1 fully saturated rings. The lowest BCUT2D eigenvalue weighted by Gasteiger charge is -2.35. The van der Waals surface area contributed by atoms with Crippen molar-refractivity contribution in [1.29, 1.82) is 0 Å². The van der Waals surface area contributed by atoms with Crippen molar-refractivity contribution in [2.45, 2.75) is 19.3 Å². The first kappa shape index (κ1) is 20.0. The van der Waals surface area contributed by atoms with Crippen LogP contribution in [0, 0.1) is 10.1 Å². The molecule has 3 aromatic heterocycles. The van der Waals surface area contributed by atoms with Crippen LogP contribution in [0.4, 0.5) is 11.5 Å². The summed E-state index contributed by atoms with van der Waals surface area (Å²) in [5.74, 6) is 1.91. The maximum absolute atomic E-state index is 12.5. The van der Waals surface area contributed by atoms with Crippen LogP contribution in [-0.4, -0.2) is 57.0 Å². The quantitative estimate of drug-likeness (QED) is 0.416. The van der Waals surface area contributed by atoms with Gasteiger partial charge in [0.1, 0.15) is 12.0 Å². The predicted octanol–water partition coefficient (Wildman–Crippen LogP) is 2.77. The number of anilines is 1. The first-order valence-electron chi connectivity index (χ1n) is 9.60. The standard InChI is InChI=1S/C19H20N6O4S/c26-18(5-1-4-17-21-19(22-29-17)15-3-2-12-30-15)24-10-8-23(9-11-24)16-7-6-14(13-20-16)25(27)28/h2-3,6-7,12-13H,1,4-5,8-11H2. The maximum atomic E-state index is 12.5. The van der Waals surface area contributed by atoms with Crippen molar-refractivity contribution in [3.8, 4) is 10.7 Å². The number of carbonyl (C=O) groups is 1. The largest absolute Gasteiger partial charge is 0.353 e. The van der Waals surface area contributed by atoms with Gasteiger partial charge < -0.3 is 14.3 Å². The molecule has 0 bridgehead atoms. The Kier molecular flexibility index (Phi) is 5.98. The smallest absolute Gasteiger partial charge is 0.287 e. The summed E-state index contributed by atoms with van der Waals surface area (Å²) in [6.45, 7) is 2.48. The number of pyridine rings is 1. The van der Waals surface area contributed by atoms with Crippen LogP contribution < -0.4 is 4.90 Å². The van der Waals surface area contributed by atoms with Gasteiger partial charge in [-0.1, -0.05) is 11.2 Å². The molecule has 0 radical (unpaired) electrons. The maximum Gasteiger partial charge on any atom is 0.287 e. The zero-order chi connectivity index (χ0) is 20.9. The summed E-state index contributed by atoms with van der Waals surface area (Å²) in [4.78, 5) is 36.1. The molecule has 156 valence electrons. The number of hydrogen-bond acceptors (Lipinski definition) is 9. The molecule has 1 aliphatic rings. The van der Waals surface area contributed by atoms with E-state index in [0.717, 1.165) is 4.88 Å². The number of aromatic nitrogens is 3. The first-order valence-corrected chi connectivity index (χ1v) is 10.5. The third kappa shape index (κ3) is 4.62. The van der Waals surface area contributed by atoms with Gasteiger partial charge in [-0.2, -0.15) is 4.98 Å². The molecular formula is C19H20N6O4S. The molecule has 0 aliphatic carbocycles. The fourth-order valence-electron chi connectivity index (χ4n) is 3.27. The average Bonchev–Trinajstić information content (AvgIpc) is 3.46. The van der Waals surface area contributed by atoms with Crippen LogP contribution in [0.5, 0.6) is 0 Å².